The summed E-state index contributed by atoms with van der Waals surface area (Å²) >= 11 is 0. The number of esters is 1. The topological polar surface area (TPSA) is 90.6 Å². The Labute approximate surface area is 197 Å². The highest BCUT2D eigenvalue weighted by atomic mass is 35.5. The van der Waals surface area contributed by atoms with Gasteiger partial charge in [0.1, 0.15) is 0 Å². The van der Waals surface area contributed by atoms with E-state index in [4.69, 9.17) is 15.2 Å². The van der Waals surface area contributed by atoms with Gasteiger partial charge in [0.25, 0.3) is 5.91 Å². The summed E-state index contributed by atoms with van der Waals surface area (Å²) in [5.74, 6) is -23.2. The molecule has 200 valence electrons. The van der Waals surface area contributed by atoms with Gasteiger partial charge in [-0.15, -0.1) is 12.4 Å². The average molecular weight is 535 g/mol. The highest BCUT2D eigenvalue weighted by Gasteiger charge is 2.78. The van der Waals surface area contributed by atoms with Gasteiger partial charge < -0.3 is 20.5 Å². The van der Waals surface area contributed by atoms with Crippen molar-refractivity contribution in [2.45, 2.75) is 88.5 Å². The number of carbonyl (C=O) groups excluding carboxylic acids is 2. The Bertz CT molecular complexity index is 735. The molecule has 6 nitrogen and oxygen atoms in total. The van der Waals surface area contributed by atoms with Gasteiger partial charge in [0.05, 0.1) is 24.9 Å². The number of hydrogen-bond donors (Lipinski definition) is 2. The molecule has 0 aromatic heterocycles. The van der Waals surface area contributed by atoms with Gasteiger partial charge in [0.2, 0.25) is 0 Å². The third kappa shape index (κ3) is 6.51. The summed E-state index contributed by atoms with van der Waals surface area (Å²) in [6.07, 6.45) is -5.58. The number of alkyl halides is 8. The van der Waals surface area contributed by atoms with Crippen molar-refractivity contribution in [2.24, 2.45) is 5.73 Å². The van der Waals surface area contributed by atoms with Crippen molar-refractivity contribution >= 4 is 24.3 Å². The van der Waals surface area contributed by atoms with Crippen molar-refractivity contribution in [3.8, 4) is 0 Å². The van der Waals surface area contributed by atoms with Crippen LogP contribution < -0.4 is 11.1 Å². The zero-order chi connectivity index (χ0) is 25.8. The third-order valence-corrected chi connectivity index (χ3v) is 5.10. The predicted molar refractivity (Wildman–Crippen MR) is 107 cm³/mol. The van der Waals surface area contributed by atoms with Gasteiger partial charge in [-0.05, 0) is 32.3 Å². The summed E-state index contributed by atoms with van der Waals surface area (Å²) in [6.45, 7) is 4.90. The standard InChI is InChI=1S/C19H26F8N2O4.ClH/c1-4-10(5-2)33-12-8-9(14(30)32-6-3)7-11(28)13(12)29-16(31)18(24,25)19(26,27)17(22,23)15(20)21;/h8,10-13,15H,4-7,28H2,1-3H3,(H,29,31);1H/t11-,12+,13+;/m0./s1. The first kappa shape index (κ1) is 32.3. The SMILES string of the molecule is CCOC(=O)C1=C[C@@H](OC(CC)CC)[C@H](NC(=O)C(F)(F)C(F)(F)C(F)(F)C(F)F)[C@@H](N)C1.Cl. The van der Waals surface area contributed by atoms with E-state index in [9.17, 15) is 44.7 Å². The fourth-order valence-corrected chi connectivity index (χ4v) is 3.12. The van der Waals surface area contributed by atoms with Gasteiger partial charge in [-0.3, -0.25) is 4.79 Å². The van der Waals surface area contributed by atoms with Crippen LogP contribution in [0.15, 0.2) is 11.6 Å². The van der Waals surface area contributed by atoms with Crippen LogP contribution in [0.4, 0.5) is 35.1 Å². The largest absolute Gasteiger partial charge is 0.463 e. The number of halogens is 9. The maximum Gasteiger partial charge on any atom is 0.392 e. The van der Waals surface area contributed by atoms with Crippen LogP contribution >= 0.6 is 12.4 Å². The quantitative estimate of drug-likeness (QED) is 0.310. The second-order valence-corrected chi connectivity index (χ2v) is 7.39. The number of rotatable bonds is 11. The molecule has 1 rings (SSSR count). The van der Waals surface area contributed by atoms with Crippen LogP contribution in [-0.4, -0.2) is 67.0 Å². The number of nitrogens with one attached hydrogen (secondary N) is 1. The Morgan fingerprint density at radius 2 is 1.65 bits per heavy atom. The van der Waals surface area contributed by atoms with E-state index in [1.807, 2.05) is 0 Å². The molecule has 0 saturated heterocycles. The summed E-state index contributed by atoms with van der Waals surface area (Å²) in [7, 11) is 0. The summed E-state index contributed by atoms with van der Waals surface area (Å²) in [6, 6.07) is -3.03. The third-order valence-electron chi connectivity index (χ3n) is 5.10. The molecular formula is C19H27ClF8N2O4. The normalized spacial score (nSPS) is 21.7. The fraction of sp³-hybridized carbons (Fsp3) is 0.789. The smallest absolute Gasteiger partial charge is 0.392 e. The Morgan fingerprint density at radius 3 is 2.09 bits per heavy atom. The van der Waals surface area contributed by atoms with E-state index in [1.165, 1.54) is 12.2 Å². The van der Waals surface area contributed by atoms with E-state index >= 15 is 0 Å². The molecule has 15 heteroatoms. The van der Waals surface area contributed by atoms with Crippen LogP contribution in [0.1, 0.15) is 40.0 Å². The monoisotopic (exact) mass is 534 g/mol. The van der Waals surface area contributed by atoms with Crippen molar-refractivity contribution in [2.75, 3.05) is 6.61 Å². The molecule has 0 fully saturated rings. The van der Waals surface area contributed by atoms with Gasteiger partial charge in [-0.25, -0.2) is 13.6 Å². The van der Waals surface area contributed by atoms with Gasteiger partial charge in [-0.2, -0.15) is 26.3 Å². The van der Waals surface area contributed by atoms with E-state index in [-0.39, 0.29) is 31.0 Å². The van der Waals surface area contributed by atoms with Crippen molar-refractivity contribution in [1.29, 1.82) is 0 Å². The Balaban J connectivity index is 0.0000109. The molecule has 3 atom stereocenters. The van der Waals surface area contributed by atoms with Crippen LogP contribution in [-0.2, 0) is 19.1 Å². The lowest BCUT2D eigenvalue weighted by atomic mass is 9.87. The van der Waals surface area contributed by atoms with Crippen molar-refractivity contribution in [1.82, 2.24) is 5.32 Å². The van der Waals surface area contributed by atoms with Crippen molar-refractivity contribution < 1.29 is 54.2 Å². The zero-order valence-electron chi connectivity index (χ0n) is 18.4. The lowest BCUT2D eigenvalue weighted by Crippen LogP contribution is -2.66. The average Bonchev–Trinajstić information content (AvgIpc) is 2.73. The van der Waals surface area contributed by atoms with Crippen LogP contribution in [0.2, 0.25) is 0 Å². The molecule has 0 saturated carbocycles. The Morgan fingerprint density at radius 1 is 1.12 bits per heavy atom. The molecule has 0 spiro atoms. The minimum atomic E-state index is -6.71. The van der Waals surface area contributed by atoms with Gasteiger partial charge in [0, 0.05) is 11.6 Å². The zero-order valence-corrected chi connectivity index (χ0v) is 19.3. The predicted octanol–water partition coefficient (Wildman–Crippen LogP) is 3.86. The van der Waals surface area contributed by atoms with Gasteiger partial charge >= 0.3 is 30.2 Å². The fourth-order valence-electron chi connectivity index (χ4n) is 3.12. The first-order valence-corrected chi connectivity index (χ1v) is 10.1. The van der Waals surface area contributed by atoms with E-state index in [0.717, 1.165) is 6.08 Å². The molecule has 0 aromatic carbocycles. The lowest BCUT2D eigenvalue weighted by Gasteiger charge is -2.38. The van der Waals surface area contributed by atoms with Crippen LogP contribution in [0.3, 0.4) is 0 Å². The minimum absolute atomic E-state index is 0. The molecule has 0 heterocycles. The Hall–Kier alpha value is -1.67. The molecule has 0 aliphatic heterocycles. The molecule has 3 N–H and O–H groups in total. The summed E-state index contributed by atoms with van der Waals surface area (Å²) in [5, 5.41) is 1.43. The van der Waals surface area contributed by atoms with Gasteiger partial charge in [-0.1, -0.05) is 13.8 Å². The molecule has 1 aliphatic rings. The van der Waals surface area contributed by atoms with E-state index < -0.39 is 60.4 Å². The van der Waals surface area contributed by atoms with E-state index in [0.29, 0.717) is 12.8 Å². The summed E-state index contributed by atoms with van der Waals surface area (Å²) in [4.78, 5) is 24.0. The first-order valence-electron chi connectivity index (χ1n) is 10.1. The van der Waals surface area contributed by atoms with Crippen LogP contribution in [0.25, 0.3) is 0 Å². The molecule has 1 aliphatic carbocycles. The molecule has 34 heavy (non-hydrogen) atoms. The maximum atomic E-state index is 14.0. The van der Waals surface area contributed by atoms with Crippen molar-refractivity contribution in [3.05, 3.63) is 11.6 Å². The molecule has 0 radical (unpaired) electrons. The first-order chi connectivity index (χ1) is 15.1. The number of carbonyl (C=O) groups is 2. The summed E-state index contributed by atoms with van der Waals surface area (Å²) < 4.78 is 117. The van der Waals surface area contributed by atoms with Crippen molar-refractivity contribution in [3.63, 3.8) is 0 Å². The molecule has 1 amide bonds. The number of ether oxygens (including phenoxy) is 2. The highest BCUT2D eigenvalue weighted by molar-refractivity contribution is 5.89. The lowest BCUT2D eigenvalue weighted by molar-refractivity contribution is -0.328. The van der Waals surface area contributed by atoms with E-state index in [1.54, 1.807) is 13.8 Å². The second kappa shape index (κ2) is 12.3. The Kier molecular flexibility index (Phi) is 11.7. The van der Waals surface area contributed by atoms with Crippen LogP contribution in [0, 0.1) is 0 Å². The molecule has 0 unspecified atom stereocenters. The van der Waals surface area contributed by atoms with Gasteiger partial charge in [0.15, 0.2) is 0 Å². The molecule has 0 aromatic rings. The number of nitrogens with two attached hydrogens (primary N) is 1. The second-order valence-electron chi connectivity index (χ2n) is 7.39. The number of hydrogen-bond acceptors (Lipinski definition) is 5. The highest BCUT2D eigenvalue weighted by Crippen LogP contribution is 2.48. The maximum absolute atomic E-state index is 14.0. The number of amides is 1. The van der Waals surface area contributed by atoms with E-state index in [2.05, 4.69) is 0 Å². The van der Waals surface area contributed by atoms with Crippen LogP contribution in [0.5, 0.6) is 0 Å². The molecular weight excluding hydrogens is 508 g/mol. The molecule has 0 bridgehead atoms. The summed E-state index contributed by atoms with van der Waals surface area (Å²) in [5.41, 5.74) is 5.81. The minimum Gasteiger partial charge on any atom is -0.463 e.